The Morgan fingerprint density at radius 2 is 1.83 bits per heavy atom. The van der Waals surface area contributed by atoms with Crippen LogP contribution in [0.4, 0.5) is 0 Å². The van der Waals surface area contributed by atoms with Gasteiger partial charge in [0.15, 0.2) is 0 Å². The third kappa shape index (κ3) is 2.53. The molecule has 0 saturated carbocycles. The summed E-state index contributed by atoms with van der Waals surface area (Å²) in [6, 6.07) is 6.30. The Kier molecular flexibility index (Phi) is 3.81. The maximum Gasteiger partial charge on any atom is 0.0465 e. The molecule has 1 N–H and O–H groups in total. The number of halogens is 2. The van der Waals surface area contributed by atoms with Crippen LogP contribution in [0.25, 0.3) is 0 Å². The first-order valence-corrected chi connectivity index (χ1v) is 7.38. The molecule has 2 bridgehead atoms. The average molecular weight is 285 g/mol. The van der Waals surface area contributed by atoms with Crippen LogP contribution in [0.3, 0.4) is 0 Å². The topological polar surface area (TPSA) is 15.3 Å². The smallest absolute Gasteiger partial charge is 0.0465 e. The maximum absolute atomic E-state index is 6.19. The van der Waals surface area contributed by atoms with Crippen LogP contribution in [0, 0.1) is 5.92 Å². The van der Waals surface area contributed by atoms with Gasteiger partial charge in [0.05, 0.1) is 0 Å². The molecule has 4 rings (SSSR count). The predicted octanol–water partition coefficient (Wildman–Crippen LogP) is 3.18. The number of nitrogens with zero attached hydrogens (tertiary/aromatic N) is 1. The first kappa shape index (κ1) is 12.7. The van der Waals surface area contributed by atoms with Crippen LogP contribution in [-0.4, -0.2) is 30.6 Å². The zero-order valence-corrected chi connectivity index (χ0v) is 11.8. The Morgan fingerprint density at radius 1 is 1.17 bits per heavy atom. The van der Waals surface area contributed by atoms with E-state index in [4.69, 9.17) is 23.2 Å². The number of piperidine rings is 3. The van der Waals surface area contributed by atoms with Crippen LogP contribution in [0.5, 0.6) is 0 Å². The van der Waals surface area contributed by atoms with E-state index in [2.05, 4.69) is 10.2 Å². The lowest BCUT2D eigenvalue weighted by Gasteiger charge is -2.45. The zero-order chi connectivity index (χ0) is 12.5. The highest BCUT2D eigenvalue weighted by atomic mass is 35.5. The molecule has 3 fully saturated rings. The van der Waals surface area contributed by atoms with Gasteiger partial charge in [-0.15, -0.1) is 0 Å². The molecular formula is C14H18Cl2N2. The summed E-state index contributed by atoms with van der Waals surface area (Å²) in [5, 5.41) is 5.16. The molecule has 0 aromatic heterocycles. The van der Waals surface area contributed by atoms with Crippen LogP contribution in [0.15, 0.2) is 18.2 Å². The quantitative estimate of drug-likeness (QED) is 0.917. The fourth-order valence-corrected chi connectivity index (χ4v) is 3.66. The Bertz CT molecular complexity index is 408. The first-order chi connectivity index (χ1) is 8.74. The molecule has 0 aliphatic carbocycles. The highest BCUT2D eigenvalue weighted by molar-refractivity contribution is 6.35. The summed E-state index contributed by atoms with van der Waals surface area (Å²) in [5.74, 6) is 0.830. The minimum absolute atomic E-state index is 0.597. The fraction of sp³-hybridized carbons (Fsp3) is 0.571. The van der Waals surface area contributed by atoms with Gasteiger partial charge >= 0.3 is 0 Å². The molecule has 1 atom stereocenters. The summed E-state index contributed by atoms with van der Waals surface area (Å²) in [6.07, 6.45) is 2.65. The molecule has 3 aliphatic rings. The Morgan fingerprint density at radius 3 is 2.39 bits per heavy atom. The third-order valence-corrected chi connectivity index (χ3v) is 4.97. The monoisotopic (exact) mass is 284 g/mol. The fourth-order valence-electron chi connectivity index (χ4n) is 3.13. The number of nitrogens with one attached hydrogen (secondary N) is 1. The van der Waals surface area contributed by atoms with Crippen LogP contribution in [0.2, 0.25) is 10.0 Å². The number of fused-ring (bicyclic) bond motifs is 3. The van der Waals surface area contributed by atoms with Gasteiger partial charge in [-0.3, -0.25) is 0 Å². The minimum atomic E-state index is 0.597. The maximum atomic E-state index is 6.19. The molecule has 0 spiro atoms. The van der Waals surface area contributed by atoms with Crippen LogP contribution < -0.4 is 5.32 Å². The molecule has 4 heteroatoms. The standard InChI is InChI=1S/C14H18Cl2N2/c15-12-2-1-3-13(16)11(12)8-17-14-9-18-6-4-10(14)5-7-18/h1-3,10,14,17H,4-9H2/t14-/m0/s1. The van der Waals surface area contributed by atoms with E-state index in [1.54, 1.807) is 0 Å². The molecule has 0 radical (unpaired) electrons. The second-order valence-electron chi connectivity index (χ2n) is 5.33. The van der Waals surface area contributed by atoms with Gasteiger partial charge in [-0.1, -0.05) is 29.3 Å². The largest absolute Gasteiger partial charge is 0.308 e. The Hall–Kier alpha value is -0.280. The lowest BCUT2D eigenvalue weighted by molar-refractivity contribution is 0.0720. The van der Waals surface area contributed by atoms with Gasteiger partial charge in [-0.25, -0.2) is 0 Å². The van der Waals surface area contributed by atoms with Crippen molar-refractivity contribution in [1.82, 2.24) is 10.2 Å². The second-order valence-corrected chi connectivity index (χ2v) is 6.14. The molecule has 18 heavy (non-hydrogen) atoms. The zero-order valence-electron chi connectivity index (χ0n) is 10.3. The number of benzene rings is 1. The van der Waals surface area contributed by atoms with Crippen LogP contribution in [0.1, 0.15) is 18.4 Å². The molecule has 2 nitrogen and oxygen atoms in total. The van der Waals surface area contributed by atoms with E-state index in [1.807, 2.05) is 18.2 Å². The van der Waals surface area contributed by atoms with Crippen molar-refractivity contribution in [2.24, 2.45) is 5.92 Å². The number of hydrogen-bond donors (Lipinski definition) is 1. The minimum Gasteiger partial charge on any atom is -0.308 e. The van der Waals surface area contributed by atoms with Crippen LogP contribution >= 0.6 is 23.2 Å². The summed E-state index contributed by atoms with van der Waals surface area (Å²) < 4.78 is 0. The van der Waals surface area contributed by atoms with Crippen molar-refractivity contribution in [2.45, 2.75) is 25.4 Å². The Balaban J connectivity index is 1.64. The van der Waals surface area contributed by atoms with Crippen molar-refractivity contribution in [3.05, 3.63) is 33.8 Å². The lowest BCUT2D eigenvalue weighted by Crippen LogP contribution is -2.55. The van der Waals surface area contributed by atoms with Crippen molar-refractivity contribution >= 4 is 23.2 Å². The number of rotatable bonds is 3. The lowest BCUT2D eigenvalue weighted by atomic mass is 9.84. The summed E-state index contributed by atoms with van der Waals surface area (Å²) >= 11 is 12.4. The van der Waals surface area contributed by atoms with Crippen molar-refractivity contribution in [3.8, 4) is 0 Å². The molecule has 0 amide bonds. The highest BCUT2D eigenvalue weighted by Crippen LogP contribution is 2.29. The van der Waals surface area contributed by atoms with Crippen molar-refractivity contribution < 1.29 is 0 Å². The molecule has 98 valence electrons. The highest BCUT2D eigenvalue weighted by Gasteiger charge is 2.33. The first-order valence-electron chi connectivity index (χ1n) is 6.62. The van der Waals surface area contributed by atoms with E-state index < -0.39 is 0 Å². The summed E-state index contributed by atoms with van der Waals surface area (Å²) in [5.41, 5.74) is 1.03. The van der Waals surface area contributed by atoms with Gasteiger partial charge < -0.3 is 10.2 Å². The molecule has 3 saturated heterocycles. The van der Waals surface area contributed by atoms with Gasteiger partial charge in [0.2, 0.25) is 0 Å². The van der Waals surface area contributed by atoms with Gasteiger partial charge in [-0.2, -0.15) is 0 Å². The SMILES string of the molecule is Clc1cccc(Cl)c1CN[C@H]1CN2CCC1CC2. The average Bonchev–Trinajstić information content (AvgIpc) is 2.39. The Labute approximate surface area is 118 Å². The van der Waals surface area contributed by atoms with E-state index >= 15 is 0 Å². The van der Waals surface area contributed by atoms with Gasteiger partial charge in [0.1, 0.15) is 0 Å². The van der Waals surface area contributed by atoms with Crippen molar-refractivity contribution in [3.63, 3.8) is 0 Å². The number of hydrogen-bond acceptors (Lipinski definition) is 2. The van der Waals surface area contributed by atoms with Gasteiger partial charge in [0, 0.05) is 34.7 Å². The summed E-state index contributed by atoms with van der Waals surface area (Å²) in [6.45, 7) is 4.49. The van der Waals surface area contributed by atoms with E-state index in [0.29, 0.717) is 6.04 Å². The van der Waals surface area contributed by atoms with Crippen LogP contribution in [-0.2, 0) is 6.54 Å². The summed E-state index contributed by atoms with van der Waals surface area (Å²) in [7, 11) is 0. The van der Waals surface area contributed by atoms with E-state index in [-0.39, 0.29) is 0 Å². The van der Waals surface area contributed by atoms with Crippen molar-refractivity contribution in [1.29, 1.82) is 0 Å². The third-order valence-electron chi connectivity index (χ3n) is 4.26. The molecule has 0 unspecified atom stereocenters. The van der Waals surface area contributed by atoms with Crippen molar-refractivity contribution in [2.75, 3.05) is 19.6 Å². The molecule has 3 heterocycles. The summed E-state index contributed by atoms with van der Waals surface area (Å²) in [4.78, 5) is 2.55. The predicted molar refractivity (Wildman–Crippen MR) is 76.3 cm³/mol. The van der Waals surface area contributed by atoms with E-state index in [0.717, 1.165) is 28.1 Å². The van der Waals surface area contributed by atoms with E-state index in [1.165, 1.54) is 32.5 Å². The second kappa shape index (κ2) is 5.38. The molecule has 3 aliphatic heterocycles. The van der Waals surface area contributed by atoms with Gasteiger partial charge in [0.25, 0.3) is 0 Å². The molecular weight excluding hydrogens is 267 g/mol. The normalized spacial score (nSPS) is 30.7. The molecule has 1 aromatic rings. The van der Waals surface area contributed by atoms with E-state index in [9.17, 15) is 0 Å². The molecule has 1 aromatic carbocycles. The van der Waals surface area contributed by atoms with Gasteiger partial charge in [-0.05, 0) is 44.0 Å².